The summed E-state index contributed by atoms with van der Waals surface area (Å²) in [6, 6.07) is 3.96. The maximum absolute atomic E-state index is 12.3. The van der Waals surface area contributed by atoms with Crippen LogP contribution in [0.3, 0.4) is 0 Å². The molecule has 0 radical (unpaired) electrons. The number of nitrogens with zero attached hydrogens (tertiary/aromatic N) is 6. The molecule has 5 rings (SSSR count). The zero-order chi connectivity index (χ0) is 21.6. The summed E-state index contributed by atoms with van der Waals surface area (Å²) in [5, 5.41) is 12.0. The quantitative estimate of drug-likeness (QED) is 0.443. The van der Waals surface area contributed by atoms with Gasteiger partial charge >= 0.3 is 6.18 Å². The fourth-order valence-corrected chi connectivity index (χ4v) is 3.48. The molecule has 0 amide bonds. The maximum Gasteiger partial charge on any atom is 0.390 e. The van der Waals surface area contributed by atoms with Crippen molar-refractivity contribution < 1.29 is 13.2 Å². The van der Waals surface area contributed by atoms with Gasteiger partial charge in [0.1, 0.15) is 5.65 Å². The first kappa shape index (κ1) is 19.1. The number of fused-ring (bicyclic) bond motifs is 2. The molecule has 0 aliphatic rings. The Hall–Kier alpha value is -3.89. The summed E-state index contributed by atoms with van der Waals surface area (Å²) in [6.07, 6.45) is 5.63. The lowest BCUT2D eigenvalue weighted by Crippen LogP contribution is -2.15. The number of hydrogen-bond donors (Lipinski definition) is 2. The molecule has 0 aliphatic heterocycles. The molecule has 0 saturated heterocycles. The average Bonchev–Trinajstić information content (AvgIpc) is 3.43. The fourth-order valence-electron chi connectivity index (χ4n) is 3.48. The van der Waals surface area contributed by atoms with Crippen molar-refractivity contribution in [2.45, 2.75) is 12.6 Å². The number of anilines is 1. The van der Waals surface area contributed by atoms with Crippen molar-refractivity contribution in [3.05, 3.63) is 49.3 Å². The predicted octanol–water partition coefficient (Wildman–Crippen LogP) is 4.04. The number of H-pyrrole nitrogens is 1. The Balaban J connectivity index is 1.47. The zero-order valence-corrected chi connectivity index (χ0v) is 16.4. The van der Waals surface area contributed by atoms with E-state index in [2.05, 4.69) is 30.5 Å². The van der Waals surface area contributed by atoms with Crippen LogP contribution in [0.25, 0.3) is 38.8 Å². The molecule has 2 N–H and O–H groups in total. The van der Waals surface area contributed by atoms with Crippen LogP contribution in [0.15, 0.2) is 49.3 Å². The molecule has 0 spiro atoms. The number of aromatic nitrogens is 7. The lowest BCUT2D eigenvalue weighted by atomic mass is 10.1. The molecule has 11 heteroatoms. The monoisotopic (exact) mass is 426 g/mol. The summed E-state index contributed by atoms with van der Waals surface area (Å²) < 4.78 is 40.5. The molecule has 5 heterocycles. The van der Waals surface area contributed by atoms with Crippen LogP contribution in [0.1, 0.15) is 6.42 Å². The van der Waals surface area contributed by atoms with E-state index in [1.165, 1.54) is 0 Å². The number of rotatable bonds is 5. The van der Waals surface area contributed by atoms with E-state index in [0.717, 1.165) is 33.2 Å². The largest absolute Gasteiger partial charge is 0.390 e. The van der Waals surface area contributed by atoms with E-state index in [9.17, 15) is 13.2 Å². The molecule has 8 nitrogen and oxygen atoms in total. The van der Waals surface area contributed by atoms with Crippen molar-refractivity contribution in [1.82, 2.24) is 34.3 Å². The number of aryl methyl sites for hydroxylation is 1. The number of alkyl halides is 3. The number of halogens is 3. The third-order valence-electron chi connectivity index (χ3n) is 4.97. The fraction of sp³-hybridized carbons (Fsp3) is 0.200. The molecule has 0 aliphatic carbocycles. The van der Waals surface area contributed by atoms with Gasteiger partial charge in [-0.25, -0.2) is 9.50 Å². The minimum Gasteiger partial charge on any atom is -0.354 e. The minimum absolute atomic E-state index is 0.148. The molecular weight excluding hydrogens is 409 g/mol. The van der Waals surface area contributed by atoms with Crippen molar-refractivity contribution >= 4 is 22.5 Å². The van der Waals surface area contributed by atoms with Crippen LogP contribution in [0.2, 0.25) is 0 Å². The summed E-state index contributed by atoms with van der Waals surface area (Å²) in [5.74, 6) is 0.148. The highest BCUT2D eigenvalue weighted by Gasteiger charge is 2.26. The van der Waals surface area contributed by atoms with Gasteiger partial charge in [0.2, 0.25) is 5.95 Å². The van der Waals surface area contributed by atoms with Crippen molar-refractivity contribution in [1.29, 1.82) is 0 Å². The Morgan fingerprint density at radius 3 is 2.74 bits per heavy atom. The Morgan fingerprint density at radius 1 is 1.10 bits per heavy atom. The number of hydrogen-bond acceptors (Lipinski definition) is 5. The van der Waals surface area contributed by atoms with Gasteiger partial charge in [-0.3, -0.25) is 4.68 Å². The standard InChI is InChI=1S/C20H17F3N8/c1-30-11-13(7-27-30)15-10-28-31-5-2-12(6-17(15)31)14-8-25-18-16(14)9-26-19(29-18)24-4-3-20(21,22)23/h2,5-11H,3-4H2,1H3,(H2,24,25,26,29). The Bertz CT molecular complexity index is 1380. The number of pyridine rings is 1. The van der Waals surface area contributed by atoms with E-state index in [0.29, 0.717) is 5.65 Å². The summed E-state index contributed by atoms with van der Waals surface area (Å²) in [4.78, 5) is 11.5. The first-order chi connectivity index (χ1) is 14.9. The van der Waals surface area contributed by atoms with Crippen molar-refractivity contribution in [3.8, 4) is 22.3 Å². The molecule has 158 valence electrons. The molecule has 0 unspecified atom stereocenters. The number of nitrogens with one attached hydrogen (secondary N) is 2. The van der Waals surface area contributed by atoms with Crippen LogP contribution in [-0.4, -0.2) is 47.1 Å². The van der Waals surface area contributed by atoms with Gasteiger partial charge in [0.25, 0.3) is 0 Å². The van der Waals surface area contributed by atoms with E-state index in [-0.39, 0.29) is 12.5 Å². The van der Waals surface area contributed by atoms with E-state index in [1.807, 2.05) is 37.8 Å². The van der Waals surface area contributed by atoms with Crippen molar-refractivity contribution in [2.24, 2.45) is 7.05 Å². The highest BCUT2D eigenvalue weighted by Crippen LogP contribution is 2.31. The number of aromatic amines is 1. The smallest absolute Gasteiger partial charge is 0.354 e. The van der Waals surface area contributed by atoms with Crippen LogP contribution in [0.5, 0.6) is 0 Å². The Kier molecular flexibility index (Phi) is 4.38. The normalized spacial score (nSPS) is 12.1. The lowest BCUT2D eigenvalue weighted by molar-refractivity contribution is -0.131. The Morgan fingerprint density at radius 2 is 1.97 bits per heavy atom. The molecule has 0 atom stereocenters. The molecule has 0 aromatic carbocycles. The first-order valence-corrected chi connectivity index (χ1v) is 9.49. The summed E-state index contributed by atoms with van der Waals surface area (Å²) in [7, 11) is 1.86. The lowest BCUT2D eigenvalue weighted by Gasteiger charge is -2.07. The van der Waals surface area contributed by atoms with Crippen LogP contribution in [-0.2, 0) is 7.05 Å². The van der Waals surface area contributed by atoms with Crippen LogP contribution in [0.4, 0.5) is 19.1 Å². The molecule has 5 aromatic heterocycles. The molecule has 0 saturated carbocycles. The van der Waals surface area contributed by atoms with Crippen LogP contribution < -0.4 is 5.32 Å². The molecular formula is C20H17F3N8. The third-order valence-corrected chi connectivity index (χ3v) is 4.97. The van der Waals surface area contributed by atoms with Gasteiger partial charge in [-0.05, 0) is 17.7 Å². The second-order valence-electron chi connectivity index (χ2n) is 7.16. The summed E-state index contributed by atoms with van der Waals surface area (Å²) in [6.45, 7) is -0.280. The zero-order valence-electron chi connectivity index (χ0n) is 16.4. The topological polar surface area (TPSA) is 88.7 Å². The summed E-state index contributed by atoms with van der Waals surface area (Å²) in [5.41, 5.74) is 5.21. The van der Waals surface area contributed by atoms with Crippen molar-refractivity contribution in [2.75, 3.05) is 11.9 Å². The molecule has 5 aromatic rings. The molecule has 0 bridgehead atoms. The second kappa shape index (κ2) is 7.11. The summed E-state index contributed by atoms with van der Waals surface area (Å²) >= 11 is 0. The first-order valence-electron chi connectivity index (χ1n) is 9.49. The highest BCUT2D eigenvalue weighted by molar-refractivity contribution is 5.95. The van der Waals surface area contributed by atoms with Crippen LogP contribution >= 0.6 is 0 Å². The van der Waals surface area contributed by atoms with Gasteiger partial charge in [-0.1, -0.05) is 0 Å². The average molecular weight is 426 g/mol. The van der Waals surface area contributed by atoms with Gasteiger partial charge in [0.15, 0.2) is 0 Å². The Labute approximate surface area is 173 Å². The van der Waals surface area contributed by atoms with E-state index >= 15 is 0 Å². The van der Waals surface area contributed by atoms with Gasteiger partial charge in [0.05, 0.1) is 24.3 Å². The maximum atomic E-state index is 12.3. The van der Waals surface area contributed by atoms with Gasteiger partial charge in [-0.2, -0.15) is 28.4 Å². The third kappa shape index (κ3) is 3.69. The van der Waals surface area contributed by atoms with E-state index < -0.39 is 12.6 Å². The van der Waals surface area contributed by atoms with Gasteiger partial charge in [0, 0.05) is 60.5 Å². The van der Waals surface area contributed by atoms with E-state index in [4.69, 9.17) is 0 Å². The highest BCUT2D eigenvalue weighted by atomic mass is 19.4. The van der Waals surface area contributed by atoms with Gasteiger partial charge in [-0.15, -0.1) is 0 Å². The predicted molar refractivity (Wildman–Crippen MR) is 109 cm³/mol. The van der Waals surface area contributed by atoms with Crippen molar-refractivity contribution in [3.63, 3.8) is 0 Å². The second-order valence-corrected chi connectivity index (χ2v) is 7.16. The van der Waals surface area contributed by atoms with E-state index in [1.54, 1.807) is 27.8 Å². The molecule has 0 fully saturated rings. The molecule has 31 heavy (non-hydrogen) atoms. The minimum atomic E-state index is -4.22. The van der Waals surface area contributed by atoms with Crippen LogP contribution in [0, 0.1) is 0 Å². The van der Waals surface area contributed by atoms with Gasteiger partial charge < -0.3 is 10.3 Å². The SMILES string of the molecule is Cn1cc(-c2cnn3ccc(-c4c[nH]c5nc(NCCC(F)(F)F)ncc45)cc23)cn1.